The second kappa shape index (κ2) is 2.99. The molecule has 0 fully saturated rings. The van der Waals surface area contributed by atoms with Gasteiger partial charge in [0.1, 0.15) is 11.6 Å². The Kier molecular flexibility index (Phi) is 2.61. The van der Waals surface area contributed by atoms with Gasteiger partial charge >= 0.3 is 0 Å². The van der Waals surface area contributed by atoms with E-state index >= 15 is 0 Å². The van der Waals surface area contributed by atoms with Gasteiger partial charge in [0.25, 0.3) is 5.91 Å². The van der Waals surface area contributed by atoms with Gasteiger partial charge in [-0.25, -0.2) is 0 Å². The normalized spacial score (nSPS) is 11.6. The summed E-state index contributed by atoms with van der Waals surface area (Å²) >= 11 is 3.55. The third-order valence-electron chi connectivity index (χ3n) is 0.614. The highest BCUT2D eigenvalue weighted by Crippen LogP contribution is 1.98. The zero-order chi connectivity index (χ0) is 7.44. The first-order valence-electron chi connectivity index (χ1n) is 1.98. The van der Waals surface area contributed by atoms with Gasteiger partial charge in [-0.05, 0) is 0 Å². The molecular formula is C4H5N3OS. The molecule has 4 N–H and O–H groups in total. The summed E-state index contributed by atoms with van der Waals surface area (Å²) in [5, 5.41) is 7.98. The average molecular weight is 143 g/mol. The molecule has 0 aliphatic rings. The number of primary amides is 1. The number of carbonyl (C=O) groups is 1. The number of amides is 1. The number of nitrogens with two attached hydrogens (primary N) is 2. The smallest absolute Gasteiger partial charge is 0.262 e. The molecule has 0 heterocycles. The third-order valence-corrected chi connectivity index (χ3v) is 0.838. The molecule has 48 valence electrons. The Bertz CT molecular complexity index is 198. The van der Waals surface area contributed by atoms with Crippen LogP contribution in [-0.2, 0) is 4.79 Å². The Balaban J connectivity index is 4.62. The number of hydrogen-bond acceptors (Lipinski definition) is 4. The standard InChI is InChI=1S/C4H5N3OS/c5-1-2(3(6)8)4(7)9/h9H,7H2,(H2,6,8). The van der Waals surface area contributed by atoms with Gasteiger partial charge < -0.3 is 11.5 Å². The topological polar surface area (TPSA) is 92.9 Å². The summed E-state index contributed by atoms with van der Waals surface area (Å²) in [5.74, 6) is -0.856. The maximum Gasteiger partial charge on any atom is 0.262 e. The van der Waals surface area contributed by atoms with Gasteiger partial charge in [-0.2, -0.15) is 5.26 Å². The van der Waals surface area contributed by atoms with Crippen molar-refractivity contribution in [3.8, 4) is 6.07 Å². The minimum atomic E-state index is -0.856. The highest BCUT2D eigenvalue weighted by Gasteiger charge is 2.04. The minimum Gasteiger partial charge on any atom is -0.392 e. The molecule has 0 saturated heterocycles. The fourth-order valence-electron chi connectivity index (χ4n) is 0.239. The quantitative estimate of drug-likeness (QED) is 0.252. The molecule has 9 heavy (non-hydrogen) atoms. The highest BCUT2D eigenvalue weighted by molar-refractivity contribution is 7.84. The Morgan fingerprint density at radius 1 is 1.56 bits per heavy atom. The van der Waals surface area contributed by atoms with Crippen LogP contribution in [0.15, 0.2) is 10.6 Å². The van der Waals surface area contributed by atoms with Crippen LogP contribution in [0.25, 0.3) is 0 Å². The number of nitrogens with zero attached hydrogens (tertiary/aromatic N) is 1. The second-order valence-electron chi connectivity index (χ2n) is 1.24. The van der Waals surface area contributed by atoms with E-state index in [4.69, 9.17) is 16.7 Å². The van der Waals surface area contributed by atoms with Crippen LogP contribution < -0.4 is 11.5 Å². The first kappa shape index (κ1) is 7.85. The molecule has 0 rings (SSSR count). The Hall–Kier alpha value is -1.15. The van der Waals surface area contributed by atoms with Crippen molar-refractivity contribution in [1.82, 2.24) is 0 Å². The summed E-state index contributed by atoms with van der Waals surface area (Å²) < 4.78 is 0. The third kappa shape index (κ3) is 2.06. The molecule has 0 aromatic heterocycles. The number of nitriles is 1. The Morgan fingerprint density at radius 3 is 2.00 bits per heavy atom. The number of thiol groups is 1. The van der Waals surface area contributed by atoms with E-state index in [-0.39, 0.29) is 10.6 Å². The van der Waals surface area contributed by atoms with E-state index < -0.39 is 5.91 Å². The molecule has 0 spiro atoms. The predicted octanol–water partition coefficient (Wildman–Crippen LogP) is -0.905. The van der Waals surface area contributed by atoms with Crippen LogP contribution in [0.1, 0.15) is 0 Å². The van der Waals surface area contributed by atoms with Crippen molar-refractivity contribution in [3.63, 3.8) is 0 Å². The first-order valence-corrected chi connectivity index (χ1v) is 2.43. The predicted molar refractivity (Wildman–Crippen MR) is 35.0 cm³/mol. The summed E-state index contributed by atoms with van der Waals surface area (Å²) in [6.45, 7) is 0. The van der Waals surface area contributed by atoms with Crippen molar-refractivity contribution in [2.45, 2.75) is 0 Å². The van der Waals surface area contributed by atoms with E-state index in [1.54, 1.807) is 0 Å². The van der Waals surface area contributed by atoms with Crippen LogP contribution in [0, 0.1) is 11.3 Å². The van der Waals surface area contributed by atoms with Crippen LogP contribution in [0.5, 0.6) is 0 Å². The summed E-state index contributed by atoms with van der Waals surface area (Å²) in [6.07, 6.45) is 0. The largest absolute Gasteiger partial charge is 0.392 e. The lowest BCUT2D eigenvalue weighted by Gasteiger charge is -1.90. The van der Waals surface area contributed by atoms with Gasteiger partial charge in [0.15, 0.2) is 0 Å². The number of hydrogen-bond donors (Lipinski definition) is 3. The van der Waals surface area contributed by atoms with Crippen molar-refractivity contribution in [3.05, 3.63) is 10.6 Å². The van der Waals surface area contributed by atoms with Crippen molar-refractivity contribution in [2.75, 3.05) is 0 Å². The lowest BCUT2D eigenvalue weighted by molar-refractivity contribution is -0.114. The zero-order valence-electron chi connectivity index (χ0n) is 4.46. The van der Waals surface area contributed by atoms with Crippen molar-refractivity contribution in [2.24, 2.45) is 11.5 Å². The molecule has 0 bridgehead atoms. The second-order valence-corrected chi connectivity index (χ2v) is 1.72. The van der Waals surface area contributed by atoms with Crippen LogP contribution >= 0.6 is 12.6 Å². The van der Waals surface area contributed by atoms with Gasteiger partial charge in [-0.1, -0.05) is 0 Å². The van der Waals surface area contributed by atoms with Crippen LogP contribution in [0.3, 0.4) is 0 Å². The van der Waals surface area contributed by atoms with Crippen LogP contribution in [0.4, 0.5) is 0 Å². The Morgan fingerprint density at radius 2 is 2.00 bits per heavy atom. The van der Waals surface area contributed by atoms with Gasteiger partial charge in [-0.3, -0.25) is 4.79 Å². The summed E-state index contributed by atoms with van der Waals surface area (Å²) in [5.41, 5.74) is 9.36. The zero-order valence-corrected chi connectivity index (χ0v) is 5.35. The molecule has 0 atom stereocenters. The van der Waals surface area contributed by atoms with E-state index in [0.29, 0.717) is 0 Å². The van der Waals surface area contributed by atoms with Gasteiger partial charge in [0.05, 0.1) is 5.03 Å². The fourth-order valence-corrected chi connectivity index (χ4v) is 0.399. The summed E-state index contributed by atoms with van der Waals surface area (Å²) in [7, 11) is 0. The molecule has 0 aliphatic carbocycles. The van der Waals surface area contributed by atoms with Gasteiger partial charge in [-0.15, -0.1) is 12.6 Å². The highest BCUT2D eigenvalue weighted by atomic mass is 32.1. The summed E-state index contributed by atoms with van der Waals surface area (Å²) in [6, 6.07) is 1.50. The molecule has 4 nitrogen and oxygen atoms in total. The first-order chi connectivity index (χ1) is 4.09. The molecule has 1 amide bonds. The van der Waals surface area contributed by atoms with Crippen molar-refractivity contribution in [1.29, 1.82) is 5.26 Å². The fraction of sp³-hybridized carbons (Fsp3) is 0. The van der Waals surface area contributed by atoms with Crippen molar-refractivity contribution >= 4 is 18.5 Å². The monoisotopic (exact) mass is 143 g/mol. The van der Waals surface area contributed by atoms with E-state index in [1.165, 1.54) is 6.07 Å². The molecule has 5 heteroatoms. The molecule has 0 aromatic rings. The molecule has 0 aliphatic heterocycles. The lowest BCUT2D eigenvalue weighted by Crippen LogP contribution is -2.15. The molecular weight excluding hydrogens is 138 g/mol. The van der Waals surface area contributed by atoms with E-state index in [0.717, 1.165) is 0 Å². The molecule has 0 radical (unpaired) electrons. The maximum absolute atomic E-state index is 10.2. The lowest BCUT2D eigenvalue weighted by atomic mass is 10.3. The van der Waals surface area contributed by atoms with Gasteiger partial charge in [0.2, 0.25) is 0 Å². The van der Waals surface area contributed by atoms with E-state index in [9.17, 15) is 4.79 Å². The van der Waals surface area contributed by atoms with Crippen LogP contribution in [0.2, 0.25) is 0 Å². The minimum absolute atomic E-state index is 0.148. The number of rotatable bonds is 1. The average Bonchev–Trinajstić information content (AvgIpc) is 1.64. The SMILES string of the molecule is N#CC(C(N)=O)=C(N)S. The van der Waals surface area contributed by atoms with E-state index in [2.05, 4.69) is 12.6 Å². The molecule has 0 aromatic carbocycles. The number of carbonyl (C=O) groups excluding carboxylic acids is 1. The van der Waals surface area contributed by atoms with Crippen LogP contribution in [-0.4, -0.2) is 5.91 Å². The Labute approximate surface area is 57.5 Å². The molecule has 0 saturated carbocycles. The summed E-state index contributed by atoms with van der Waals surface area (Å²) in [4.78, 5) is 10.2. The molecule has 0 unspecified atom stereocenters. The van der Waals surface area contributed by atoms with Crippen molar-refractivity contribution < 1.29 is 4.79 Å². The maximum atomic E-state index is 10.2. The van der Waals surface area contributed by atoms with Gasteiger partial charge in [0, 0.05) is 0 Å². The van der Waals surface area contributed by atoms with E-state index in [1.807, 2.05) is 0 Å².